The van der Waals surface area contributed by atoms with Crippen LogP contribution in [0, 0.1) is 29.1 Å². The Balaban J connectivity index is 2.22. The molecule has 0 bridgehead atoms. The van der Waals surface area contributed by atoms with Crippen LogP contribution in [0.15, 0.2) is 0 Å². The predicted octanol–water partition coefficient (Wildman–Crippen LogP) is 4.95. The van der Waals surface area contributed by atoms with Gasteiger partial charge in [0.15, 0.2) is 9.76 Å². The van der Waals surface area contributed by atoms with Crippen molar-refractivity contribution in [3.8, 4) is 5.75 Å². The van der Waals surface area contributed by atoms with Gasteiger partial charge in [0.1, 0.15) is 0 Å². The largest absolute Gasteiger partial charge is 0.427 e. The first-order valence-electron chi connectivity index (χ1n) is 9.11. The van der Waals surface area contributed by atoms with Crippen LogP contribution in [0.4, 0.5) is 22.0 Å². The fraction of sp³-hybridized carbons (Fsp3) is 0.611. The quantitative estimate of drug-likeness (QED) is 0.0875. The third-order valence-electron chi connectivity index (χ3n) is 4.11. The van der Waals surface area contributed by atoms with Crippen molar-refractivity contribution in [2.45, 2.75) is 63.8 Å². The van der Waals surface area contributed by atoms with E-state index in [1.807, 2.05) is 0 Å². The van der Waals surface area contributed by atoms with E-state index in [4.69, 9.17) is 4.43 Å². The van der Waals surface area contributed by atoms with Crippen molar-refractivity contribution in [1.82, 2.24) is 0 Å². The van der Waals surface area contributed by atoms with E-state index in [2.05, 4.69) is 4.74 Å². The number of esters is 1. The van der Waals surface area contributed by atoms with Crippen molar-refractivity contribution in [2.75, 3.05) is 7.11 Å². The molecule has 0 fully saturated rings. The normalized spacial score (nSPS) is 11.5. The summed E-state index contributed by atoms with van der Waals surface area (Å²) < 4.78 is 75.3. The minimum atomic E-state index is -2.29. The summed E-state index contributed by atoms with van der Waals surface area (Å²) in [5.74, 6) is -13.4. The number of hydrogen-bond donors (Lipinski definition) is 0. The standard InChI is InChI=1S/C18H25F5O3Si/c1-25-27-11-9-7-5-3-2-4-6-8-10-12(24)26-18-16(22)14(20)13(19)15(21)17(18)23/h2-11,27H2,1H3. The number of benzene rings is 1. The maximum atomic E-state index is 13.4. The molecule has 1 aromatic rings. The van der Waals surface area contributed by atoms with Crippen molar-refractivity contribution in [3.63, 3.8) is 0 Å². The molecular formula is C18H25F5O3Si. The van der Waals surface area contributed by atoms with Gasteiger partial charge in [-0.1, -0.05) is 44.9 Å². The maximum absolute atomic E-state index is 13.4. The molecule has 0 saturated carbocycles. The number of hydrogen-bond acceptors (Lipinski definition) is 3. The van der Waals surface area contributed by atoms with Crippen LogP contribution in [0.5, 0.6) is 5.75 Å². The Bertz CT molecular complexity index is 584. The zero-order chi connectivity index (χ0) is 20.2. The van der Waals surface area contributed by atoms with Crippen LogP contribution in [-0.4, -0.2) is 22.8 Å². The molecule has 0 unspecified atom stereocenters. The lowest BCUT2D eigenvalue weighted by Gasteiger charge is -2.08. The molecule has 3 nitrogen and oxygen atoms in total. The first-order valence-corrected chi connectivity index (χ1v) is 10.7. The summed E-state index contributed by atoms with van der Waals surface area (Å²) in [6.07, 6.45) is 7.56. The SMILES string of the molecule is CO[SiH2]CCCCCCCCCCC(=O)Oc1c(F)c(F)c(F)c(F)c1F. The Labute approximate surface area is 158 Å². The van der Waals surface area contributed by atoms with Crippen LogP contribution in [-0.2, 0) is 9.22 Å². The molecule has 1 aromatic carbocycles. The number of ether oxygens (including phenoxy) is 1. The van der Waals surface area contributed by atoms with E-state index in [1.54, 1.807) is 7.11 Å². The second kappa shape index (κ2) is 12.8. The van der Waals surface area contributed by atoms with Crippen LogP contribution in [0.3, 0.4) is 0 Å². The van der Waals surface area contributed by atoms with Crippen molar-refractivity contribution < 1.29 is 35.9 Å². The van der Waals surface area contributed by atoms with Crippen molar-refractivity contribution in [2.24, 2.45) is 0 Å². The average Bonchev–Trinajstić information content (AvgIpc) is 2.66. The van der Waals surface area contributed by atoms with Crippen LogP contribution in [0.2, 0.25) is 6.04 Å². The highest BCUT2D eigenvalue weighted by Crippen LogP contribution is 2.29. The predicted molar refractivity (Wildman–Crippen MR) is 93.8 cm³/mol. The molecule has 0 N–H and O–H groups in total. The molecule has 0 spiro atoms. The fourth-order valence-corrected chi connectivity index (χ4v) is 3.44. The van der Waals surface area contributed by atoms with Crippen molar-refractivity contribution in [3.05, 3.63) is 29.1 Å². The molecule has 0 heterocycles. The van der Waals surface area contributed by atoms with Gasteiger partial charge in [0.05, 0.1) is 0 Å². The minimum Gasteiger partial charge on any atom is -0.427 e. The maximum Gasteiger partial charge on any atom is 0.311 e. The molecule has 0 amide bonds. The highest BCUT2D eigenvalue weighted by molar-refractivity contribution is 6.26. The molecule has 1 rings (SSSR count). The van der Waals surface area contributed by atoms with Crippen LogP contribution >= 0.6 is 0 Å². The second-order valence-corrected chi connectivity index (χ2v) is 7.99. The molecule has 0 aromatic heterocycles. The Kier molecular flexibility index (Phi) is 11.2. The summed E-state index contributed by atoms with van der Waals surface area (Å²) >= 11 is 0. The number of halogens is 5. The lowest BCUT2D eigenvalue weighted by atomic mass is 10.1. The van der Waals surface area contributed by atoms with Gasteiger partial charge >= 0.3 is 5.97 Å². The van der Waals surface area contributed by atoms with Crippen LogP contribution in [0.25, 0.3) is 0 Å². The molecular weight excluding hydrogens is 387 g/mol. The third kappa shape index (κ3) is 7.96. The van der Waals surface area contributed by atoms with Gasteiger partial charge in [-0.05, 0) is 12.5 Å². The van der Waals surface area contributed by atoms with E-state index >= 15 is 0 Å². The van der Waals surface area contributed by atoms with E-state index in [0.717, 1.165) is 32.1 Å². The molecule has 154 valence electrons. The van der Waals surface area contributed by atoms with Gasteiger partial charge in [-0.3, -0.25) is 4.79 Å². The molecule has 9 heteroatoms. The topological polar surface area (TPSA) is 35.5 Å². The summed E-state index contributed by atoms with van der Waals surface area (Å²) in [6, 6.07) is 1.20. The Morgan fingerprint density at radius 3 is 1.70 bits per heavy atom. The first kappa shape index (κ1) is 23.6. The van der Waals surface area contributed by atoms with E-state index in [9.17, 15) is 26.7 Å². The molecule has 0 aliphatic rings. The van der Waals surface area contributed by atoms with Crippen molar-refractivity contribution in [1.29, 1.82) is 0 Å². The highest BCUT2D eigenvalue weighted by atomic mass is 28.2. The molecule has 0 aliphatic heterocycles. The van der Waals surface area contributed by atoms with Crippen LogP contribution in [0.1, 0.15) is 57.8 Å². The van der Waals surface area contributed by atoms with Gasteiger partial charge < -0.3 is 9.16 Å². The summed E-state index contributed by atoms with van der Waals surface area (Å²) in [6.45, 7) is 0. The number of rotatable bonds is 13. The van der Waals surface area contributed by atoms with Gasteiger partial charge in [-0.2, -0.15) is 8.78 Å². The summed E-state index contributed by atoms with van der Waals surface area (Å²) in [5, 5.41) is 0. The van der Waals surface area contributed by atoms with E-state index < -0.39 is 40.8 Å². The molecule has 0 aliphatic carbocycles. The summed E-state index contributed by atoms with van der Waals surface area (Å²) in [5.41, 5.74) is 0. The Morgan fingerprint density at radius 1 is 0.741 bits per heavy atom. The second-order valence-electron chi connectivity index (χ2n) is 6.30. The first-order chi connectivity index (χ1) is 12.9. The van der Waals surface area contributed by atoms with Gasteiger partial charge in [0.25, 0.3) is 0 Å². The minimum absolute atomic E-state index is 0.152. The van der Waals surface area contributed by atoms with E-state index in [-0.39, 0.29) is 16.2 Å². The average molecular weight is 412 g/mol. The lowest BCUT2D eigenvalue weighted by Crippen LogP contribution is -2.13. The molecule has 0 atom stereocenters. The van der Waals surface area contributed by atoms with Gasteiger partial charge in [-0.15, -0.1) is 0 Å². The fourth-order valence-electron chi connectivity index (χ4n) is 2.59. The Morgan fingerprint density at radius 2 is 1.19 bits per heavy atom. The number of carbonyl (C=O) groups excluding carboxylic acids is 1. The van der Waals surface area contributed by atoms with Gasteiger partial charge in [0, 0.05) is 13.5 Å². The highest BCUT2D eigenvalue weighted by Gasteiger charge is 2.28. The zero-order valence-corrected chi connectivity index (χ0v) is 16.8. The summed E-state index contributed by atoms with van der Waals surface area (Å²) in [4.78, 5) is 11.6. The van der Waals surface area contributed by atoms with Gasteiger partial charge in [0.2, 0.25) is 34.8 Å². The monoisotopic (exact) mass is 412 g/mol. The lowest BCUT2D eigenvalue weighted by molar-refractivity contribution is -0.135. The number of carbonyl (C=O) groups is 1. The van der Waals surface area contributed by atoms with Crippen LogP contribution < -0.4 is 4.74 Å². The smallest absolute Gasteiger partial charge is 0.311 e. The van der Waals surface area contributed by atoms with Crippen molar-refractivity contribution >= 4 is 15.7 Å². The summed E-state index contributed by atoms with van der Waals surface area (Å²) in [7, 11) is 1.42. The van der Waals surface area contributed by atoms with E-state index in [1.165, 1.54) is 18.9 Å². The van der Waals surface area contributed by atoms with Gasteiger partial charge in [-0.25, -0.2) is 13.2 Å². The Hall–Kier alpha value is -1.48. The van der Waals surface area contributed by atoms with E-state index in [0.29, 0.717) is 6.42 Å². The number of unbranched alkanes of at least 4 members (excludes halogenated alkanes) is 7. The molecule has 0 saturated heterocycles. The molecule has 27 heavy (non-hydrogen) atoms. The zero-order valence-electron chi connectivity index (χ0n) is 15.4. The third-order valence-corrected chi connectivity index (χ3v) is 5.31. The molecule has 0 radical (unpaired) electrons.